The smallest absolute Gasteiger partial charge is 0.439 e. The van der Waals surface area contributed by atoms with E-state index in [1.165, 1.54) is 12.1 Å². The maximum Gasteiger partial charge on any atom is 0.439 e. The van der Waals surface area contributed by atoms with Crippen LogP contribution in [-0.4, -0.2) is 53.8 Å². The van der Waals surface area contributed by atoms with E-state index < -0.39 is 35.8 Å². The van der Waals surface area contributed by atoms with E-state index in [0.717, 1.165) is 24.1 Å². The molecule has 6 heterocycles. The molecule has 1 atom stereocenters. The number of aromatic nitrogens is 6. The second-order valence-electron chi connectivity index (χ2n) is 10.9. The summed E-state index contributed by atoms with van der Waals surface area (Å²) in [6, 6.07) is 6.62. The summed E-state index contributed by atoms with van der Waals surface area (Å²) in [6.45, 7) is 1.85. The van der Waals surface area contributed by atoms with Gasteiger partial charge >= 0.3 is 11.9 Å². The average Bonchev–Trinajstić information content (AvgIpc) is 3.55. The molecule has 2 aliphatic rings. The Morgan fingerprint density at radius 1 is 1.18 bits per heavy atom. The fourth-order valence-electron chi connectivity index (χ4n) is 5.43. The Balaban J connectivity index is 1.16. The van der Waals surface area contributed by atoms with Crippen LogP contribution in [0.15, 0.2) is 45.8 Å². The van der Waals surface area contributed by atoms with Gasteiger partial charge in [0.25, 0.3) is 0 Å². The Labute approximate surface area is 256 Å². The number of pyridine rings is 2. The van der Waals surface area contributed by atoms with E-state index >= 15 is 0 Å². The summed E-state index contributed by atoms with van der Waals surface area (Å²) in [5.41, 5.74) is 1.70. The third-order valence-corrected chi connectivity index (χ3v) is 8.09. The molecule has 234 valence electrons. The van der Waals surface area contributed by atoms with Crippen molar-refractivity contribution in [1.29, 1.82) is 0 Å². The molecule has 11 nitrogen and oxygen atoms in total. The van der Waals surface area contributed by atoms with Crippen molar-refractivity contribution in [2.24, 2.45) is 0 Å². The summed E-state index contributed by atoms with van der Waals surface area (Å²) in [5.74, 6) is -1.12. The minimum Gasteiger partial charge on any atom is -0.472 e. The van der Waals surface area contributed by atoms with E-state index in [9.17, 15) is 22.4 Å². The third kappa shape index (κ3) is 6.02. The molecule has 4 aromatic heterocycles. The van der Waals surface area contributed by atoms with Crippen molar-refractivity contribution in [2.75, 3.05) is 13.2 Å². The van der Waals surface area contributed by atoms with Gasteiger partial charge in [-0.05, 0) is 42.7 Å². The minimum atomic E-state index is -4.71. The van der Waals surface area contributed by atoms with Crippen LogP contribution < -0.4 is 10.5 Å². The molecule has 16 heteroatoms. The molecule has 1 N–H and O–H groups in total. The van der Waals surface area contributed by atoms with Gasteiger partial charge in [0, 0.05) is 30.3 Å². The lowest BCUT2D eigenvalue weighted by Gasteiger charge is -2.30. The first-order valence-corrected chi connectivity index (χ1v) is 14.4. The molecule has 5 aromatic rings. The molecular weight excluding hydrogens is 622 g/mol. The van der Waals surface area contributed by atoms with Gasteiger partial charge in [0.2, 0.25) is 11.7 Å². The molecule has 0 saturated carbocycles. The Hall–Kier alpha value is -4.34. The van der Waals surface area contributed by atoms with Crippen LogP contribution in [0.2, 0.25) is 5.02 Å². The highest BCUT2D eigenvalue weighted by Gasteiger charge is 2.37. The number of nitrogens with zero attached hydrogens (tertiary/aromatic N) is 6. The maximum atomic E-state index is 14.3. The van der Waals surface area contributed by atoms with Crippen molar-refractivity contribution in [3.05, 3.63) is 86.1 Å². The van der Waals surface area contributed by atoms with Gasteiger partial charge in [0.1, 0.15) is 29.5 Å². The van der Waals surface area contributed by atoms with Crippen LogP contribution in [0, 0.1) is 5.82 Å². The zero-order valence-corrected chi connectivity index (χ0v) is 24.2. The number of fused-ring (bicyclic) bond motifs is 2. The quantitative estimate of drug-likeness (QED) is 0.235. The van der Waals surface area contributed by atoms with Crippen LogP contribution >= 0.6 is 11.6 Å². The van der Waals surface area contributed by atoms with Crippen LogP contribution in [-0.2, 0) is 43.6 Å². The monoisotopic (exact) mass is 645 g/mol. The summed E-state index contributed by atoms with van der Waals surface area (Å²) in [7, 11) is 0. The number of rotatable bonds is 8. The first kappa shape index (κ1) is 29.4. The van der Waals surface area contributed by atoms with Crippen molar-refractivity contribution in [3.63, 3.8) is 0 Å². The van der Waals surface area contributed by atoms with E-state index in [0.29, 0.717) is 61.0 Å². The van der Waals surface area contributed by atoms with Crippen LogP contribution in [0.25, 0.3) is 22.6 Å². The van der Waals surface area contributed by atoms with Gasteiger partial charge in [-0.25, -0.2) is 19.2 Å². The normalized spacial score (nSPS) is 17.0. The molecule has 1 fully saturated rings. The van der Waals surface area contributed by atoms with Crippen LogP contribution in [0.4, 0.5) is 17.6 Å². The van der Waals surface area contributed by atoms with Crippen LogP contribution in [0.3, 0.4) is 0 Å². The first-order valence-electron chi connectivity index (χ1n) is 14.0. The highest BCUT2D eigenvalue weighted by molar-refractivity contribution is 6.30. The maximum absolute atomic E-state index is 14.3. The van der Waals surface area contributed by atoms with E-state index in [1.807, 2.05) is 9.47 Å². The van der Waals surface area contributed by atoms with Crippen molar-refractivity contribution in [3.8, 4) is 17.4 Å². The summed E-state index contributed by atoms with van der Waals surface area (Å²) >= 11 is 5.79. The molecule has 7 rings (SSSR count). The summed E-state index contributed by atoms with van der Waals surface area (Å²) in [6.07, 6.45) is -1.83. The van der Waals surface area contributed by atoms with E-state index in [-0.39, 0.29) is 29.1 Å². The van der Waals surface area contributed by atoms with Gasteiger partial charge in [0.15, 0.2) is 0 Å². The highest BCUT2D eigenvalue weighted by Crippen LogP contribution is 2.38. The van der Waals surface area contributed by atoms with Crippen molar-refractivity contribution >= 4 is 22.6 Å². The molecule has 0 unspecified atom stereocenters. The Kier molecular flexibility index (Phi) is 7.54. The zero-order valence-electron chi connectivity index (χ0n) is 23.4. The van der Waals surface area contributed by atoms with Crippen molar-refractivity contribution < 1.29 is 31.6 Å². The van der Waals surface area contributed by atoms with E-state index in [2.05, 4.69) is 24.6 Å². The lowest BCUT2D eigenvalue weighted by molar-refractivity contribution is -0.139. The van der Waals surface area contributed by atoms with Crippen molar-refractivity contribution in [1.82, 2.24) is 34.6 Å². The Morgan fingerprint density at radius 3 is 2.73 bits per heavy atom. The molecule has 0 aliphatic carbocycles. The van der Waals surface area contributed by atoms with Gasteiger partial charge < -0.3 is 14.0 Å². The second kappa shape index (κ2) is 11.5. The highest BCUT2D eigenvalue weighted by atomic mass is 35.5. The standard InChI is InChI=1S/C29H24ClF4N7O4/c30-17-2-1-16(20(31)8-17)14-44-27-19(29(32,33)34)7-15-3-5-40(12-23(15)37-27)13-25-36-21-9-22(26-38-28(42)45-39-26)35-10-24(21)41(25)11-18-4-6-43-18/h1-2,7-10,18H,3-6,11-14H2,(H,38,39,42)/t18-/m0/s1. The SMILES string of the molecule is O=c1[nH]c(-c2cc3nc(CN4CCc5cc(C(F)(F)F)c(OCc6ccc(Cl)cc6F)nc5C4)n(C[C@@H]4CCO4)c3cn2)no1. The lowest BCUT2D eigenvalue weighted by atomic mass is 10.0. The molecule has 1 saturated heterocycles. The summed E-state index contributed by atoms with van der Waals surface area (Å²) in [4.78, 5) is 29.5. The Morgan fingerprint density at radius 2 is 2.02 bits per heavy atom. The number of imidazole rings is 1. The molecule has 0 amide bonds. The summed E-state index contributed by atoms with van der Waals surface area (Å²) in [5, 5.41) is 3.86. The fourth-order valence-corrected chi connectivity index (χ4v) is 5.59. The first-order chi connectivity index (χ1) is 21.6. The van der Waals surface area contributed by atoms with E-state index in [1.54, 1.807) is 12.3 Å². The minimum absolute atomic E-state index is 0.0162. The topological polar surface area (TPSA) is 124 Å². The molecule has 45 heavy (non-hydrogen) atoms. The predicted molar refractivity (Wildman–Crippen MR) is 151 cm³/mol. The van der Waals surface area contributed by atoms with E-state index in [4.69, 9.17) is 26.1 Å². The van der Waals surface area contributed by atoms with Crippen LogP contribution in [0.5, 0.6) is 5.88 Å². The van der Waals surface area contributed by atoms with Crippen LogP contribution in [0.1, 0.15) is 34.6 Å². The molecular formula is C29H24ClF4N7O4. The molecule has 0 bridgehead atoms. The number of hydrogen-bond acceptors (Lipinski definition) is 9. The number of H-pyrrole nitrogens is 1. The second-order valence-corrected chi connectivity index (χ2v) is 11.3. The molecule has 2 aliphatic heterocycles. The number of ether oxygens (including phenoxy) is 2. The average molecular weight is 646 g/mol. The number of aromatic amines is 1. The molecule has 0 radical (unpaired) electrons. The Bertz CT molecular complexity index is 1950. The fraction of sp³-hybridized carbons (Fsp3) is 0.345. The zero-order chi connectivity index (χ0) is 31.3. The summed E-state index contributed by atoms with van der Waals surface area (Å²) < 4.78 is 74.0. The number of hydrogen-bond donors (Lipinski definition) is 1. The molecule has 0 spiro atoms. The largest absolute Gasteiger partial charge is 0.472 e. The van der Waals surface area contributed by atoms with Gasteiger partial charge in [-0.3, -0.25) is 19.4 Å². The number of alkyl halides is 3. The number of nitrogens with one attached hydrogen (secondary N) is 1. The third-order valence-electron chi connectivity index (χ3n) is 7.85. The van der Waals surface area contributed by atoms with Gasteiger partial charge in [-0.1, -0.05) is 22.8 Å². The molecule has 1 aromatic carbocycles. The van der Waals surface area contributed by atoms with Gasteiger partial charge in [0.05, 0.1) is 42.1 Å². The predicted octanol–water partition coefficient (Wildman–Crippen LogP) is 4.91. The number of halogens is 5. The van der Waals surface area contributed by atoms with Crippen molar-refractivity contribution in [2.45, 2.75) is 51.4 Å². The number of benzene rings is 1. The van der Waals surface area contributed by atoms with Gasteiger partial charge in [-0.15, -0.1) is 0 Å². The lowest BCUT2D eigenvalue weighted by Crippen LogP contribution is -2.34. The van der Waals surface area contributed by atoms with Gasteiger partial charge in [-0.2, -0.15) is 13.2 Å².